The Kier molecular flexibility index (Phi) is 3.54. The molecule has 2 nitrogen and oxygen atoms in total. The summed E-state index contributed by atoms with van der Waals surface area (Å²) in [5.74, 6) is -0.0788. The standard InChI is InChI=1S/C6H11O2.Sn.H/c1-5(7)8-6(2,3)4;;/h1H2,2-4H3;;. The summed E-state index contributed by atoms with van der Waals surface area (Å²) in [6.07, 6.45) is 0. The number of ether oxygens (including phenoxy) is 1. The second-order valence-corrected chi connectivity index (χ2v) is 3.96. The van der Waals surface area contributed by atoms with Gasteiger partial charge in [-0.2, -0.15) is 0 Å². The minimum atomic E-state index is -0.305. The first-order valence-electron chi connectivity index (χ1n) is 2.87. The fraction of sp³-hybridized carbons (Fsp3) is 0.833. The molecule has 0 heterocycles. The first-order valence-corrected chi connectivity index (χ1v) is 5.20. The van der Waals surface area contributed by atoms with Gasteiger partial charge in [-0.05, 0) is 0 Å². The van der Waals surface area contributed by atoms with Crippen molar-refractivity contribution in [1.29, 1.82) is 0 Å². The molecule has 0 saturated carbocycles. The summed E-state index contributed by atoms with van der Waals surface area (Å²) < 4.78 is 5.57. The van der Waals surface area contributed by atoms with Crippen molar-refractivity contribution >= 4 is 28.5 Å². The molecule has 0 aromatic rings. The van der Waals surface area contributed by atoms with Crippen LogP contribution in [0.5, 0.6) is 0 Å². The second kappa shape index (κ2) is 3.44. The van der Waals surface area contributed by atoms with Crippen molar-refractivity contribution in [3.63, 3.8) is 0 Å². The predicted octanol–water partition coefficient (Wildman–Crippen LogP) is 0.647. The van der Waals surface area contributed by atoms with Crippen LogP contribution >= 0.6 is 0 Å². The Balaban J connectivity index is 3.60. The molecule has 0 amide bonds. The van der Waals surface area contributed by atoms with E-state index in [9.17, 15) is 4.79 Å². The molecule has 0 N–H and O–H groups in total. The van der Waals surface area contributed by atoms with E-state index in [4.69, 9.17) is 4.74 Å². The van der Waals surface area contributed by atoms with Crippen LogP contribution in [0.3, 0.4) is 0 Å². The second-order valence-electron chi connectivity index (χ2n) is 2.79. The van der Waals surface area contributed by atoms with Crippen LogP contribution in [-0.2, 0) is 9.53 Å². The molecule has 9 heavy (non-hydrogen) atoms. The van der Waals surface area contributed by atoms with Crippen molar-refractivity contribution in [1.82, 2.24) is 0 Å². The average molecular weight is 235 g/mol. The first-order chi connectivity index (χ1) is 3.95. The molecule has 0 atom stereocenters. The topological polar surface area (TPSA) is 26.3 Å². The van der Waals surface area contributed by atoms with Gasteiger partial charge in [0.15, 0.2) is 0 Å². The van der Waals surface area contributed by atoms with E-state index in [0.29, 0.717) is 4.44 Å². The van der Waals surface area contributed by atoms with Gasteiger partial charge >= 0.3 is 68.8 Å². The van der Waals surface area contributed by atoms with Gasteiger partial charge in [-0.3, -0.25) is 0 Å². The monoisotopic (exact) mass is 236 g/mol. The molecule has 52 valence electrons. The van der Waals surface area contributed by atoms with Crippen molar-refractivity contribution in [2.24, 2.45) is 0 Å². The predicted molar refractivity (Wildman–Crippen MR) is 37.8 cm³/mol. The SMILES string of the molecule is CC(C)(C)OC(=O)[CH2][SnH]. The molecule has 0 saturated heterocycles. The molecule has 0 rings (SSSR count). The maximum absolute atomic E-state index is 10.6. The number of carbonyl (C=O) groups excluding carboxylic acids is 1. The van der Waals surface area contributed by atoms with Crippen LogP contribution in [0.15, 0.2) is 0 Å². The zero-order valence-corrected chi connectivity index (χ0v) is 9.40. The third-order valence-corrected chi connectivity index (χ3v) is 1.54. The summed E-state index contributed by atoms with van der Waals surface area (Å²) >= 11 is 0.949. The minimum absolute atomic E-state index is 0.0788. The van der Waals surface area contributed by atoms with Gasteiger partial charge in [0.05, 0.1) is 0 Å². The zero-order chi connectivity index (χ0) is 7.49. The number of hydrogen-bond acceptors (Lipinski definition) is 2. The zero-order valence-electron chi connectivity index (χ0n) is 6.10. The molecule has 0 aliphatic carbocycles. The number of carbonyl (C=O) groups is 1. The molecule has 0 bridgehead atoms. The van der Waals surface area contributed by atoms with Gasteiger partial charge in [0, 0.05) is 0 Å². The third-order valence-electron chi connectivity index (χ3n) is 0.587. The van der Waals surface area contributed by atoms with E-state index in [1.54, 1.807) is 0 Å². The van der Waals surface area contributed by atoms with E-state index in [2.05, 4.69) is 0 Å². The van der Waals surface area contributed by atoms with Gasteiger partial charge in [-0.25, -0.2) is 0 Å². The molecule has 0 spiro atoms. The fourth-order valence-electron chi connectivity index (χ4n) is 0.383. The van der Waals surface area contributed by atoms with Gasteiger partial charge < -0.3 is 0 Å². The Morgan fingerprint density at radius 2 is 2.00 bits per heavy atom. The van der Waals surface area contributed by atoms with Crippen LogP contribution in [0.1, 0.15) is 20.8 Å². The van der Waals surface area contributed by atoms with Crippen molar-refractivity contribution in [2.75, 3.05) is 0 Å². The molecule has 0 unspecified atom stereocenters. The Morgan fingerprint density at radius 1 is 1.56 bits per heavy atom. The van der Waals surface area contributed by atoms with Crippen molar-refractivity contribution in [3.05, 3.63) is 0 Å². The maximum atomic E-state index is 10.6. The molecule has 3 heteroatoms. The molecule has 0 aromatic heterocycles. The van der Waals surface area contributed by atoms with Crippen LogP contribution in [-0.4, -0.2) is 34.1 Å². The van der Waals surface area contributed by atoms with Crippen LogP contribution in [0, 0.1) is 0 Å². The molecule has 0 fully saturated rings. The average Bonchev–Trinajstić information content (AvgIpc) is 1.62. The molecule has 0 aliphatic rings. The van der Waals surface area contributed by atoms with Crippen LogP contribution in [0.25, 0.3) is 0 Å². The summed E-state index contributed by atoms with van der Waals surface area (Å²) in [5, 5.41) is 0. The fourth-order valence-corrected chi connectivity index (χ4v) is 0.621. The van der Waals surface area contributed by atoms with Gasteiger partial charge in [0.1, 0.15) is 0 Å². The van der Waals surface area contributed by atoms with Crippen LogP contribution < -0.4 is 0 Å². The Labute approximate surface area is 69.0 Å². The summed E-state index contributed by atoms with van der Waals surface area (Å²) in [5.41, 5.74) is -0.305. The van der Waals surface area contributed by atoms with E-state index in [1.165, 1.54) is 0 Å². The molecule has 2 radical (unpaired) electrons. The molecule has 0 aliphatic heterocycles. The molecule has 0 aromatic carbocycles. The van der Waals surface area contributed by atoms with E-state index in [-0.39, 0.29) is 11.6 Å². The molecular formula is C6H12O2Sn. The van der Waals surface area contributed by atoms with E-state index in [1.807, 2.05) is 20.8 Å². The van der Waals surface area contributed by atoms with Crippen molar-refractivity contribution < 1.29 is 9.53 Å². The normalized spacial score (nSPS) is 11.1. The van der Waals surface area contributed by atoms with Crippen molar-refractivity contribution in [2.45, 2.75) is 30.8 Å². The number of esters is 1. The number of rotatable bonds is 1. The van der Waals surface area contributed by atoms with E-state index < -0.39 is 0 Å². The van der Waals surface area contributed by atoms with Gasteiger partial charge in [-0.15, -0.1) is 0 Å². The summed E-state index contributed by atoms with van der Waals surface area (Å²) in [6.45, 7) is 5.63. The van der Waals surface area contributed by atoms with Gasteiger partial charge in [0.25, 0.3) is 0 Å². The first kappa shape index (κ1) is 9.27. The van der Waals surface area contributed by atoms with Gasteiger partial charge in [0.2, 0.25) is 0 Å². The number of hydrogen-bond donors (Lipinski definition) is 0. The van der Waals surface area contributed by atoms with E-state index in [0.717, 1.165) is 22.5 Å². The summed E-state index contributed by atoms with van der Waals surface area (Å²) in [4.78, 5) is 10.6. The summed E-state index contributed by atoms with van der Waals surface area (Å²) in [7, 11) is 0. The molecular weight excluding hydrogens is 223 g/mol. The third kappa shape index (κ3) is 6.15. The van der Waals surface area contributed by atoms with E-state index >= 15 is 0 Å². The van der Waals surface area contributed by atoms with Gasteiger partial charge in [-0.1, -0.05) is 0 Å². The Morgan fingerprint density at radius 3 is 2.11 bits per heavy atom. The van der Waals surface area contributed by atoms with Crippen molar-refractivity contribution in [3.8, 4) is 0 Å². The summed E-state index contributed by atoms with van der Waals surface area (Å²) in [6, 6.07) is 0. The Bertz CT molecular complexity index is 104. The van der Waals surface area contributed by atoms with Crippen LogP contribution in [0.2, 0.25) is 4.44 Å². The van der Waals surface area contributed by atoms with Crippen LogP contribution in [0.4, 0.5) is 0 Å². The quantitative estimate of drug-likeness (QED) is 0.492. The Hall–Kier alpha value is 0.269.